The van der Waals surface area contributed by atoms with E-state index < -0.39 is 12.1 Å². The molecule has 67 heavy (non-hydrogen) atoms. The average molecular weight is 923 g/mol. The number of ether oxygens (including phenoxy) is 3. The van der Waals surface area contributed by atoms with Crippen LogP contribution in [0.15, 0.2) is 146 Å². The lowest BCUT2D eigenvalue weighted by Crippen LogP contribution is -2.30. The van der Waals surface area contributed by atoms with Crippen LogP contribution in [0.25, 0.3) is 0 Å². The van der Waals surface area contributed by atoms with Gasteiger partial charge in [0.15, 0.2) is 6.10 Å². The van der Waals surface area contributed by atoms with Gasteiger partial charge in [0.25, 0.3) is 0 Å². The van der Waals surface area contributed by atoms with Crippen LogP contribution in [0, 0.1) is 0 Å². The molecule has 0 heterocycles. The van der Waals surface area contributed by atoms with Crippen LogP contribution in [0.4, 0.5) is 0 Å². The summed E-state index contributed by atoms with van der Waals surface area (Å²) in [5.74, 6) is -1.08. The number of unbranched alkanes of at least 4 members (excludes halogenated alkanes) is 15. The molecule has 0 rings (SSSR count). The molecule has 0 aromatic carbocycles. The van der Waals surface area contributed by atoms with Crippen LogP contribution in [-0.2, 0) is 28.6 Å². The fraction of sp³-hybridized carbons (Fsp3) is 0.557. The second kappa shape index (κ2) is 53.9. The first-order valence-electron chi connectivity index (χ1n) is 26.4. The van der Waals surface area contributed by atoms with Gasteiger partial charge in [-0.25, -0.2) is 0 Å². The van der Waals surface area contributed by atoms with E-state index >= 15 is 0 Å². The molecule has 1 atom stereocenters. The number of allylic oxidation sites excluding steroid dienone is 24. The smallest absolute Gasteiger partial charge is 0.306 e. The Hall–Kier alpha value is -4.71. The highest BCUT2D eigenvalue weighted by Crippen LogP contribution is 2.12. The number of hydrogen-bond acceptors (Lipinski definition) is 6. The Morgan fingerprint density at radius 3 is 1.16 bits per heavy atom. The van der Waals surface area contributed by atoms with Crippen LogP contribution in [-0.4, -0.2) is 37.2 Å². The molecule has 0 spiro atoms. The SMILES string of the molecule is CC\C=C/C=C\C=C/C=C\C=C\C=C/CCCCCC(=O)OCC(COC(=O)CCCCCCC/C=C\CCCCCCCCC)OC(=O)CC/C=C\C/C=C\C/C=C\C/C=C\C/C=C\CC. The van der Waals surface area contributed by atoms with Gasteiger partial charge in [-0.3, -0.25) is 14.4 Å². The standard InChI is InChI=1S/C61H94O6/c1-4-7-10-13-16-19-22-25-28-31-34-36-39-42-45-48-51-54-60(63)66-57-58(67-61(64)55-52-49-46-43-40-37-33-30-27-24-21-18-15-12-9-6-3)56-65-59(62)53-50-47-44-41-38-35-32-29-26-23-20-17-14-11-8-5-2/h7,9-10,12-13,16,18-19,21-22,25,27-32,34,36-37,39-40,46,49,58H,4-6,8,11,14-15,17,20,23-24,26,33,35,38,41-45,47-48,50-57H2,1-3H3/b10-7-,12-9-,16-13-,21-18-,22-19-,28-25-,30-27-,32-29-,34-31+,39-36-,40-37-,49-46-. The first-order valence-corrected chi connectivity index (χ1v) is 26.4. The quantitative estimate of drug-likeness (QED) is 0.0199. The lowest BCUT2D eigenvalue weighted by molar-refractivity contribution is -0.166. The van der Waals surface area contributed by atoms with E-state index in [1.807, 2.05) is 72.9 Å². The van der Waals surface area contributed by atoms with E-state index in [1.54, 1.807) is 0 Å². The summed E-state index contributed by atoms with van der Waals surface area (Å²) in [5, 5.41) is 0. The Bertz CT molecular complexity index is 1530. The molecule has 6 heteroatoms. The first-order chi connectivity index (χ1) is 33.0. The Morgan fingerprint density at radius 1 is 0.328 bits per heavy atom. The highest BCUT2D eigenvalue weighted by atomic mass is 16.6. The number of carbonyl (C=O) groups excluding carboxylic acids is 3. The highest BCUT2D eigenvalue weighted by molar-refractivity contribution is 5.71. The van der Waals surface area contributed by atoms with Crippen LogP contribution < -0.4 is 0 Å². The van der Waals surface area contributed by atoms with Gasteiger partial charge in [0.05, 0.1) is 0 Å². The molecule has 374 valence electrons. The molecule has 0 aromatic heterocycles. The summed E-state index contributed by atoms with van der Waals surface area (Å²) < 4.78 is 16.7. The van der Waals surface area contributed by atoms with Gasteiger partial charge in [-0.05, 0) is 96.3 Å². The summed E-state index contributed by atoms with van der Waals surface area (Å²) in [4.78, 5) is 38.0. The minimum absolute atomic E-state index is 0.133. The number of carbonyl (C=O) groups is 3. The van der Waals surface area contributed by atoms with Crippen molar-refractivity contribution in [2.75, 3.05) is 13.2 Å². The van der Waals surface area contributed by atoms with E-state index in [2.05, 4.69) is 93.7 Å². The van der Waals surface area contributed by atoms with Crippen molar-refractivity contribution in [1.82, 2.24) is 0 Å². The largest absolute Gasteiger partial charge is 0.462 e. The summed E-state index contributed by atoms with van der Waals surface area (Å²) in [6.07, 6.45) is 77.0. The molecule has 0 saturated heterocycles. The molecular weight excluding hydrogens is 829 g/mol. The van der Waals surface area contributed by atoms with Crippen molar-refractivity contribution in [1.29, 1.82) is 0 Å². The Kier molecular flexibility index (Phi) is 50.1. The molecule has 1 unspecified atom stereocenters. The van der Waals surface area contributed by atoms with Crippen molar-refractivity contribution in [2.24, 2.45) is 0 Å². The van der Waals surface area contributed by atoms with Crippen LogP contribution in [0.2, 0.25) is 0 Å². The maximum Gasteiger partial charge on any atom is 0.306 e. The van der Waals surface area contributed by atoms with E-state index in [9.17, 15) is 14.4 Å². The first kappa shape index (κ1) is 62.3. The Balaban J connectivity index is 4.63. The van der Waals surface area contributed by atoms with Crippen molar-refractivity contribution in [3.63, 3.8) is 0 Å². The fourth-order valence-electron chi connectivity index (χ4n) is 6.57. The lowest BCUT2D eigenvalue weighted by Gasteiger charge is -2.18. The zero-order valence-electron chi connectivity index (χ0n) is 42.6. The van der Waals surface area contributed by atoms with Gasteiger partial charge in [0.2, 0.25) is 0 Å². The van der Waals surface area contributed by atoms with Crippen molar-refractivity contribution >= 4 is 17.9 Å². The Labute approximate surface area is 410 Å². The monoisotopic (exact) mass is 923 g/mol. The van der Waals surface area contributed by atoms with Gasteiger partial charge in [-0.15, -0.1) is 0 Å². The normalized spacial score (nSPS) is 13.3. The van der Waals surface area contributed by atoms with Crippen LogP contribution in [0.5, 0.6) is 0 Å². The number of rotatable bonds is 45. The number of hydrogen-bond donors (Lipinski definition) is 0. The summed E-state index contributed by atoms with van der Waals surface area (Å²) in [6, 6.07) is 0. The lowest BCUT2D eigenvalue weighted by atomic mass is 10.1. The van der Waals surface area contributed by atoms with Gasteiger partial charge < -0.3 is 14.2 Å². The molecule has 0 radical (unpaired) electrons. The van der Waals surface area contributed by atoms with Gasteiger partial charge >= 0.3 is 17.9 Å². The minimum Gasteiger partial charge on any atom is -0.462 e. The molecule has 6 nitrogen and oxygen atoms in total. The van der Waals surface area contributed by atoms with E-state index in [0.29, 0.717) is 19.3 Å². The molecule has 0 aromatic rings. The number of esters is 3. The van der Waals surface area contributed by atoms with E-state index in [-0.39, 0.29) is 38.0 Å². The predicted octanol–water partition coefficient (Wildman–Crippen LogP) is 17.6. The molecule has 0 aliphatic rings. The topological polar surface area (TPSA) is 78.9 Å². The van der Waals surface area contributed by atoms with Crippen molar-refractivity contribution in [3.05, 3.63) is 146 Å². The molecule has 0 saturated carbocycles. The molecule has 0 aliphatic heterocycles. The molecule has 0 N–H and O–H groups in total. The van der Waals surface area contributed by atoms with E-state index in [0.717, 1.165) is 89.9 Å². The van der Waals surface area contributed by atoms with Gasteiger partial charge in [-0.2, -0.15) is 0 Å². The summed E-state index contributed by atoms with van der Waals surface area (Å²) in [7, 11) is 0. The minimum atomic E-state index is -0.846. The van der Waals surface area contributed by atoms with Crippen LogP contribution in [0.3, 0.4) is 0 Å². The second-order valence-corrected chi connectivity index (χ2v) is 16.8. The molecule has 0 fully saturated rings. The van der Waals surface area contributed by atoms with E-state index in [1.165, 1.54) is 57.8 Å². The molecular formula is C61H94O6. The van der Waals surface area contributed by atoms with Gasteiger partial charge in [0.1, 0.15) is 13.2 Å². The van der Waals surface area contributed by atoms with Crippen LogP contribution in [0.1, 0.15) is 201 Å². The van der Waals surface area contributed by atoms with Gasteiger partial charge in [-0.1, -0.05) is 231 Å². The summed E-state index contributed by atoms with van der Waals surface area (Å²) in [5.41, 5.74) is 0. The van der Waals surface area contributed by atoms with Gasteiger partial charge in [0, 0.05) is 19.3 Å². The summed E-state index contributed by atoms with van der Waals surface area (Å²) in [6.45, 7) is 6.25. The zero-order chi connectivity index (χ0) is 48.6. The predicted molar refractivity (Wildman–Crippen MR) is 288 cm³/mol. The highest BCUT2D eigenvalue weighted by Gasteiger charge is 2.19. The fourth-order valence-corrected chi connectivity index (χ4v) is 6.57. The average Bonchev–Trinajstić information content (AvgIpc) is 3.33. The van der Waals surface area contributed by atoms with Crippen LogP contribution >= 0.6 is 0 Å². The third kappa shape index (κ3) is 52.1. The third-order valence-electron chi connectivity index (χ3n) is 10.5. The third-order valence-corrected chi connectivity index (χ3v) is 10.5. The van der Waals surface area contributed by atoms with Crippen molar-refractivity contribution in [3.8, 4) is 0 Å². The molecule has 0 bridgehead atoms. The van der Waals surface area contributed by atoms with E-state index in [4.69, 9.17) is 14.2 Å². The Morgan fingerprint density at radius 2 is 0.687 bits per heavy atom. The molecule has 0 amide bonds. The van der Waals surface area contributed by atoms with Crippen molar-refractivity contribution < 1.29 is 28.6 Å². The maximum absolute atomic E-state index is 12.8. The maximum atomic E-state index is 12.8. The zero-order valence-corrected chi connectivity index (χ0v) is 42.6. The molecule has 0 aliphatic carbocycles. The summed E-state index contributed by atoms with van der Waals surface area (Å²) >= 11 is 0. The second-order valence-electron chi connectivity index (χ2n) is 16.8. The van der Waals surface area contributed by atoms with Crippen molar-refractivity contribution in [2.45, 2.75) is 207 Å².